The molecule has 0 aliphatic rings. The Morgan fingerprint density at radius 2 is 1.85 bits per heavy atom. The number of hydrogen-bond acceptors (Lipinski definition) is 5. The number of aliphatic hydroxyl groups excluding tert-OH is 1. The van der Waals surface area contributed by atoms with Crippen molar-refractivity contribution < 1.29 is 23.4 Å². The van der Waals surface area contributed by atoms with Crippen LogP contribution in [0.2, 0.25) is 0 Å². The second-order valence-corrected chi connectivity index (χ2v) is 7.50. The molecule has 0 spiro atoms. The van der Waals surface area contributed by atoms with Crippen molar-refractivity contribution in [2.24, 2.45) is 0 Å². The minimum atomic E-state index is -3.93. The van der Waals surface area contributed by atoms with Crippen LogP contribution >= 0.6 is 0 Å². The summed E-state index contributed by atoms with van der Waals surface area (Å²) in [5.41, 5.74) is 1.15. The third-order valence-corrected chi connectivity index (χ3v) is 5.32. The van der Waals surface area contributed by atoms with Crippen LogP contribution in [-0.4, -0.2) is 37.8 Å². The van der Waals surface area contributed by atoms with Gasteiger partial charge in [-0.2, -0.15) is 0 Å². The van der Waals surface area contributed by atoms with Crippen LogP contribution in [0.3, 0.4) is 0 Å². The Kier molecular flexibility index (Phi) is 6.73. The van der Waals surface area contributed by atoms with Gasteiger partial charge in [0.05, 0.1) is 11.3 Å². The molecule has 0 fully saturated rings. The second-order valence-electron chi connectivity index (χ2n) is 5.77. The maximum absolute atomic E-state index is 12.6. The molecule has 0 bridgehead atoms. The molecule has 2 rings (SSSR count). The fourth-order valence-corrected chi connectivity index (χ4v) is 3.69. The third kappa shape index (κ3) is 5.04. The highest BCUT2D eigenvalue weighted by Gasteiger charge is 2.21. The van der Waals surface area contributed by atoms with E-state index in [1.807, 2.05) is 37.3 Å². The van der Waals surface area contributed by atoms with Gasteiger partial charge in [-0.25, -0.2) is 17.9 Å². The first kappa shape index (κ1) is 19.9. The Hall–Kier alpha value is -2.42. The van der Waals surface area contributed by atoms with Crippen LogP contribution in [0.5, 0.6) is 0 Å². The largest absolute Gasteiger partial charge is 0.478 e. The lowest BCUT2D eigenvalue weighted by Crippen LogP contribution is -2.26. The zero-order valence-electron chi connectivity index (χ0n) is 14.3. The zero-order valence-corrected chi connectivity index (χ0v) is 15.2. The topological polar surface area (TPSA) is 116 Å². The molecule has 2 aromatic carbocycles. The molecular weight excluding hydrogens is 356 g/mol. The van der Waals surface area contributed by atoms with Gasteiger partial charge in [0.15, 0.2) is 0 Å². The summed E-state index contributed by atoms with van der Waals surface area (Å²) < 4.78 is 27.6. The molecule has 7 nitrogen and oxygen atoms in total. The van der Waals surface area contributed by atoms with Crippen molar-refractivity contribution in [1.29, 1.82) is 0 Å². The van der Waals surface area contributed by atoms with Gasteiger partial charge in [-0.05, 0) is 37.1 Å². The Morgan fingerprint density at radius 3 is 2.46 bits per heavy atom. The maximum atomic E-state index is 12.6. The first-order valence-electron chi connectivity index (χ1n) is 8.14. The lowest BCUT2D eigenvalue weighted by atomic mass is 10.1. The van der Waals surface area contributed by atoms with Crippen LogP contribution < -0.4 is 10.0 Å². The van der Waals surface area contributed by atoms with E-state index >= 15 is 0 Å². The molecule has 8 heteroatoms. The van der Waals surface area contributed by atoms with Gasteiger partial charge < -0.3 is 15.5 Å². The minimum Gasteiger partial charge on any atom is -0.478 e. The van der Waals surface area contributed by atoms with Crippen LogP contribution in [0.25, 0.3) is 0 Å². The van der Waals surface area contributed by atoms with E-state index in [2.05, 4.69) is 10.0 Å². The zero-order chi connectivity index (χ0) is 19.2. The van der Waals surface area contributed by atoms with E-state index < -0.39 is 16.0 Å². The predicted molar refractivity (Wildman–Crippen MR) is 98.8 cm³/mol. The standard InChI is InChI=1S/C18H22N2O5S/c1-13(14-6-3-2-4-7-14)20-16-9-8-15(18(22)23)12-17(16)26(24,25)19-10-5-11-21/h2-4,6-9,12-13,19-21H,5,10-11H2,1H3,(H,22,23)/t13-/m1/s1. The van der Waals surface area contributed by atoms with Crippen LogP contribution in [0.15, 0.2) is 53.4 Å². The van der Waals surface area contributed by atoms with E-state index in [1.54, 1.807) is 0 Å². The number of aliphatic hydroxyl groups is 1. The van der Waals surface area contributed by atoms with Crippen LogP contribution in [0, 0.1) is 0 Å². The van der Waals surface area contributed by atoms with Gasteiger partial charge in [0.1, 0.15) is 4.90 Å². The smallest absolute Gasteiger partial charge is 0.335 e. The summed E-state index contributed by atoms with van der Waals surface area (Å²) in [5.74, 6) is -1.21. The lowest BCUT2D eigenvalue weighted by molar-refractivity contribution is 0.0696. The first-order chi connectivity index (χ1) is 12.3. The molecule has 0 saturated heterocycles. The third-order valence-electron chi connectivity index (χ3n) is 3.82. The first-order valence-corrected chi connectivity index (χ1v) is 9.63. The van der Waals surface area contributed by atoms with Crippen molar-refractivity contribution in [3.8, 4) is 0 Å². The number of rotatable bonds is 9. The maximum Gasteiger partial charge on any atom is 0.335 e. The summed E-state index contributed by atoms with van der Waals surface area (Å²) in [7, 11) is -3.93. The van der Waals surface area contributed by atoms with Crippen LogP contribution in [0.1, 0.15) is 35.3 Å². The number of nitrogens with one attached hydrogen (secondary N) is 2. The van der Waals surface area contributed by atoms with Crippen LogP contribution in [-0.2, 0) is 10.0 Å². The molecule has 140 valence electrons. The Balaban J connectivity index is 2.37. The van der Waals surface area contributed by atoms with E-state index in [0.717, 1.165) is 11.6 Å². The summed E-state index contributed by atoms with van der Waals surface area (Å²) in [6.45, 7) is 1.80. The molecule has 0 aromatic heterocycles. The molecule has 0 amide bonds. The van der Waals surface area contributed by atoms with Crippen molar-refractivity contribution >= 4 is 21.7 Å². The fraction of sp³-hybridized carbons (Fsp3) is 0.278. The number of carbonyl (C=O) groups is 1. The van der Waals surface area contributed by atoms with Crippen molar-refractivity contribution in [2.75, 3.05) is 18.5 Å². The number of carboxylic acids is 1. The van der Waals surface area contributed by atoms with Gasteiger partial charge in [0.2, 0.25) is 10.0 Å². The summed E-state index contributed by atoms with van der Waals surface area (Å²) >= 11 is 0. The Bertz CT molecular complexity index is 853. The van der Waals surface area contributed by atoms with Crippen molar-refractivity contribution in [2.45, 2.75) is 24.3 Å². The van der Waals surface area contributed by atoms with Crippen LogP contribution in [0.4, 0.5) is 5.69 Å². The molecule has 4 N–H and O–H groups in total. The molecule has 0 aliphatic carbocycles. The van der Waals surface area contributed by atoms with E-state index in [9.17, 15) is 18.3 Å². The van der Waals surface area contributed by atoms with Gasteiger partial charge in [-0.15, -0.1) is 0 Å². The van der Waals surface area contributed by atoms with Crippen molar-refractivity contribution in [1.82, 2.24) is 4.72 Å². The lowest BCUT2D eigenvalue weighted by Gasteiger charge is -2.19. The van der Waals surface area contributed by atoms with E-state index in [4.69, 9.17) is 5.11 Å². The van der Waals surface area contributed by atoms with Crippen molar-refractivity contribution in [3.63, 3.8) is 0 Å². The molecule has 0 aliphatic heterocycles. The number of aromatic carboxylic acids is 1. The molecular formula is C18H22N2O5S. The predicted octanol–water partition coefficient (Wildman–Crippen LogP) is 2.22. The average molecular weight is 378 g/mol. The summed E-state index contributed by atoms with van der Waals surface area (Å²) in [5, 5.41) is 21.1. The molecule has 2 aromatic rings. The Labute approximate surface area is 152 Å². The fourth-order valence-electron chi connectivity index (χ4n) is 2.42. The van der Waals surface area contributed by atoms with Gasteiger partial charge in [0, 0.05) is 19.2 Å². The number of carboxylic acid groups (broad SMARTS) is 1. The Morgan fingerprint density at radius 1 is 1.15 bits per heavy atom. The van der Waals surface area contributed by atoms with E-state index in [-0.39, 0.29) is 36.1 Å². The van der Waals surface area contributed by atoms with Gasteiger partial charge >= 0.3 is 5.97 Å². The average Bonchev–Trinajstić information content (AvgIpc) is 2.62. The number of sulfonamides is 1. The minimum absolute atomic E-state index is 0.0593. The highest BCUT2D eigenvalue weighted by atomic mass is 32.2. The molecule has 0 saturated carbocycles. The highest BCUT2D eigenvalue weighted by Crippen LogP contribution is 2.27. The SMILES string of the molecule is C[C@@H](Nc1ccc(C(=O)O)cc1S(=O)(=O)NCCCO)c1ccccc1. The normalized spacial score (nSPS) is 12.5. The molecule has 26 heavy (non-hydrogen) atoms. The van der Waals surface area contributed by atoms with E-state index in [1.165, 1.54) is 12.1 Å². The number of anilines is 1. The van der Waals surface area contributed by atoms with Crippen molar-refractivity contribution in [3.05, 3.63) is 59.7 Å². The molecule has 1 atom stereocenters. The number of hydrogen-bond donors (Lipinski definition) is 4. The highest BCUT2D eigenvalue weighted by molar-refractivity contribution is 7.89. The van der Waals surface area contributed by atoms with E-state index in [0.29, 0.717) is 5.69 Å². The number of benzene rings is 2. The quantitative estimate of drug-likeness (QED) is 0.497. The monoisotopic (exact) mass is 378 g/mol. The molecule has 0 heterocycles. The summed E-state index contributed by atoms with van der Waals surface area (Å²) in [6, 6.07) is 13.2. The van der Waals surface area contributed by atoms with Gasteiger partial charge in [-0.1, -0.05) is 30.3 Å². The summed E-state index contributed by atoms with van der Waals surface area (Å²) in [6.07, 6.45) is 0.265. The van der Waals surface area contributed by atoms with Gasteiger partial charge in [-0.3, -0.25) is 0 Å². The molecule has 0 radical (unpaired) electrons. The van der Waals surface area contributed by atoms with Gasteiger partial charge in [0.25, 0.3) is 0 Å². The second kappa shape index (κ2) is 8.79. The molecule has 0 unspecified atom stereocenters. The summed E-state index contributed by atoms with van der Waals surface area (Å²) in [4.78, 5) is 11.1.